The summed E-state index contributed by atoms with van der Waals surface area (Å²) in [5, 5.41) is 0. The summed E-state index contributed by atoms with van der Waals surface area (Å²) in [5.74, 6) is 1.15. The number of benzene rings is 1. The first-order chi connectivity index (χ1) is 7.29. The lowest BCUT2D eigenvalue weighted by Crippen LogP contribution is -2.03. The topological polar surface area (TPSA) is 17.8 Å². The largest absolute Gasteiger partial charge is 0.331 e. The van der Waals surface area contributed by atoms with E-state index in [2.05, 4.69) is 47.7 Å². The second kappa shape index (κ2) is 4.30. The van der Waals surface area contributed by atoms with Gasteiger partial charge in [0.2, 0.25) is 0 Å². The standard InChI is InChI=1S/C13H16N2/c1-3-13-14-8-9-15(13)10-12-6-4-11(2)5-7-12/h4-9H,3,10H2,1-2H3. The maximum absolute atomic E-state index is 4.31. The first-order valence-electron chi connectivity index (χ1n) is 5.35. The van der Waals surface area contributed by atoms with Crippen molar-refractivity contribution in [3.8, 4) is 0 Å². The van der Waals surface area contributed by atoms with Gasteiger partial charge in [0.15, 0.2) is 0 Å². The molecule has 15 heavy (non-hydrogen) atoms. The SMILES string of the molecule is CCc1nccn1Cc1ccc(C)cc1. The Morgan fingerprint density at radius 2 is 1.93 bits per heavy atom. The van der Waals surface area contributed by atoms with E-state index in [9.17, 15) is 0 Å². The maximum atomic E-state index is 4.31. The molecule has 0 aliphatic rings. The van der Waals surface area contributed by atoms with E-state index in [0.717, 1.165) is 18.8 Å². The summed E-state index contributed by atoms with van der Waals surface area (Å²) in [5.41, 5.74) is 2.63. The van der Waals surface area contributed by atoms with Gasteiger partial charge in [0.25, 0.3) is 0 Å². The van der Waals surface area contributed by atoms with Crippen LogP contribution in [0.1, 0.15) is 23.9 Å². The molecule has 0 fully saturated rings. The molecule has 0 aliphatic carbocycles. The first-order valence-corrected chi connectivity index (χ1v) is 5.35. The Balaban J connectivity index is 2.18. The number of rotatable bonds is 3. The van der Waals surface area contributed by atoms with Gasteiger partial charge in [0.1, 0.15) is 5.82 Å². The predicted molar refractivity (Wildman–Crippen MR) is 61.9 cm³/mol. The van der Waals surface area contributed by atoms with Crippen LogP contribution in [0.5, 0.6) is 0 Å². The Morgan fingerprint density at radius 1 is 1.20 bits per heavy atom. The maximum Gasteiger partial charge on any atom is 0.108 e. The molecule has 0 atom stereocenters. The Hall–Kier alpha value is -1.57. The van der Waals surface area contributed by atoms with Crippen molar-refractivity contribution >= 4 is 0 Å². The van der Waals surface area contributed by atoms with E-state index in [1.54, 1.807) is 0 Å². The van der Waals surface area contributed by atoms with Crippen molar-refractivity contribution in [3.05, 3.63) is 53.6 Å². The van der Waals surface area contributed by atoms with Crippen LogP contribution < -0.4 is 0 Å². The summed E-state index contributed by atoms with van der Waals surface area (Å²) >= 11 is 0. The van der Waals surface area contributed by atoms with Gasteiger partial charge in [0, 0.05) is 25.4 Å². The second-order valence-corrected chi connectivity index (χ2v) is 3.81. The monoisotopic (exact) mass is 200 g/mol. The highest BCUT2D eigenvalue weighted by Gasteiger charge is 2.00. The van der Waals surface area contributed by atoms with Gasteiger partial charge in [-0.15, -0.1) is 0 Å². The fraction of sp³-hybridized carbons (Fsp3) is 0.308. The third kappa shape index (κ3) is 2.27. The molecule has 0 aliphatic heterocycles. The Bertz CT molecular complexity index is 426. The summed E-state index contributed by atoms with van der Waals surface area (Å²) in [6, 6.07) is 8.65. The molecular weight excluding hydrogens is 184 g/mol. The third-order valence-corrected chi connectivity index (χ3v) is 2.59. The Morgan fingerprint density at radius 3 is 2.60 bits per heavy atom. The molecule has 2 heteroatoms. The van der Waals surface area contributed by atoms with Gasteiger partial charge in [-0.3, -0.25) is 0 Å². The molecule has 1 aromatic heterocycles. The molecule has 1 aromatic carbocycles. The molecular formula is C13H16N2. The van der Waals surface area contributed by atoms with E-state index in [0.29, 0.717) is 0 Å². The second-order valence-electron chi connectivity index (χ2n) is 3.81. The molecule has 0 amide bonds. The molecule has 0 unspecified atom stereocenters. The lowest BCUT2D eigenvalue weighted by Gasteiger charge is -2.06. The molecule has 78 valence electrons. The molecule has 0 spiro atoms. The molecule has 0 saturated heterocycles. The third-order valence-electron chi connectivity index (χ3n) is 2.59. The van der Waals surface area contributed by atoms with Gasteiger partial charge in [-0.1, -0.05) is 36.8 Å². The minimum Gasteiger partial charge on any atom is -0.331 e. The van der Waals surface area contributed by atoms with Crippen LogP contribution in [0.2, 0.25) is 0 Å². The van der Waals surface area contributed by atoms with Gasteiger partial charge in [0.05, 0.1) is 0 Å². The number of aryl methyl sites for hydroxylation is 2. The lowest BCUT2D eigenvalue weighted by molar-refractivity contribution is 0.732. The first kappa shape index (κ1) is 9.97. The molecule has 2 nitrogen and oxygen atoms in total. The highest BCUT2D eigenvalue weighted by Crippen LogP contribution is 2.07. The summed E-state index contributed by atoms with van der Waals surface area (Å²) in [6.45, 7) is 5.16. The van der Waals surface area contributed by atoms with E-state index < -0.39 is 0 Å². The van der Waals surface area contributed by atoms with E-state index in [1.807, 2.05) is 12.4 Å². The van der Waals surface area contributed by atoms with Crippen LogP contribution in [-0.2, 0) is 13.0 Å². The number of nitrogens with zero attached hydrogens (tertiary/aromatic N) is 2. The lowest BCUT2D eigenvalue weighted by atomic mass is 10.1. The average molecular weight is 200 g/mol. The zero-order valence-corrected chi connectivity index (χ0v) is 9.27. The summed E-state index contributed by atoms with van der Waals surface area (Å²) in [4.78, 5) is 4.31. The molecule has 0 bridgehead atoms. The summed E-state index contributed by atoms with van der Waals surface area (Å²) in [6.07, 6.45) is 4.89. The van der Waals surface area contributed by atoms with Gasteiger partial charge in [-0.05, 0) is 12.5 Å². The zero-order valence-electron chi connectivity index (χ0n) is 9.27. The molecule has 2 rings (SSSR count). The van der Waals surface area contributed by atoms with Gasteiger partial charge >= 0.3 is 0 Å². The van der Waals surface area contributed by atoms with Crippen molar-refractivity contribution < 1.29 is 0 Å². The van der Waals surface area contributed by atoms with Crippen molar-refractivity contribution in [2.24, 2.45) is 0 Å². The van der Waals surface area contributed by atoms with Crippen molar-refractivity contribution in [1.29, 1.82) is 0 Å². The summed E-state index contributed by atoms with van der Waals surface area (Å²) < 4.78 is 2.20. The molecule has 0 saturated carbocycles. The number of aromatic nitrogens is 2. The highest BCUT2D eigenvalue weighted by molar-refractivity contribution is 5.21. The van der Waals surface area contributed by atoms with E-state index in [-0.39, 0.29) is 0 Å². The quantitative estimate of drug-likeness (QED) is 0.745. The normalized spacial score (nSPS) is 10.5. The van der Waals surface area contributed by atoms with Gasteiger partial charge in [-0.2, -0.15) is 0 Å². The molecule has 0 N–H and O–H groups in total. The van der Waals surface area contributed by atoms with Gasteiger partial charge < -0.3 is 4.57 Å². The number of hydrogen-bond acceptors (Lipinski definition) is 1. The number of imidazole rings is 1. The fourth-order valence-corrected chi connectivity index (χ4v) is 1.69. The van der Waals surface area contributed by atoms with Crippen LogP contribution >= 0.6 is 0 Å². The fourth-order valence-electron chi connectivity index (χ4n) is 1.69. The minimum atomic E-state index is 0.920. The summed E-state index contributed by atoms with van der Waals surface area (Å²) in [7, 11) is 0. The molecule has 2 aromatic rings. The smallest absolute Gasteiger partial charge is 0.108 e. The average Bonchev–Trinajstić information content (AvgIpc) is 2.69. The van der Waals surface area contributed by atoms with Crippen molar-refractivity contribution in [3.63, 3.8) is 0 Å². The van der Waals surface area contributed by atoms with Crippen LogP contribution in [0, 0.1) is 6.92 Å². The zero-order chi connectivity index (χ0) is 10.7. The van der Waals surface area contributed by atoms with E-state index in [1.165, 1.54) is 11.1 Å². The molecule has 1 heterocycles. The minimum absolute atomic E-state index is 0.920. The van der Waals surface area contributed by atoms with E-state index in [4.69, 9.17) is 0 Å². The van der Waals surface area contributed by atoms with Crippen molar-refractivity contribution in [1.82, 2.24) is 9.55 Å². The van der Waals surface area contributed by atoms with Crippen LogP contribution in [-0.4, -0.2) is 9.55 Å². The predicted octanol–water partition coefficient (Wildman–Crippen LogP) is 2.80. The molecule has 0 radical (unpaired) electrons. The highest BCUT2D eigenvalue weighted by atomic mass is 15.1. The van der Waals surface area contributed by atoms with E-state index >= 15 is 0 Å². The van der Waals surface area contributed by atoms with Crippen LogP contribution in [0.15, 0.2) is 36.7 Å². The Kier molecular flexibility index (Phi) is 2.86. The van der Waals surface area contributed by atoms with Crippen LogP contribution in [0.25, 0.3) is 0 Å². The Labute approximate surface area is 90.6 Å². The van der Waals surface area contributed by atoms with Gasteiger partial charge in [-0.25, -0.2) is 4.98 Å². The van der Waals surface area contributed by atoms with Crippen LogP contribution in [0.4, 0.5) is 0 Å². The van der Waals surface area contributed by atoms with Crippen molar-refractivity contribution in [2.75, 3.05) is 0 Å². The number of hydrogen-bond donors (Lipinski definition) is 0. The van der Waals surface area contributed by atoms with Crippen LogP contribution in [0.3, 0.4) is 0 Å². The van der Waals surface area contributed by atoms with Crippen molar-refractivity contribution in [2.45, 2.75) is 26.8 Å².